The van der Waals surface area contributed by atoms with Crippen LogP contribution in [0.25, 0.3) is 10.2 Å². The number of carbonyl (C=O) groups is 3. The monoisotopic (exact) mass is 363 g/mol. The number of hydrogen-bond acceptors (Lipinski definition) is 6. The van der Waals surface area contributed by atoms with E-state index in [0.29, 0.717) is 19.3 Å². The normalized spacial score (nSPS) is 11.3. The number of primary amides is 1. The summed E-state index contributed by atoms with van der Waals surface area (Å²) in [6.07, 6.45) is 1.54. The van der Waals surface area contributed by atoms with E-state index in [1.54, 1.807) is 11.3 Å². The number of carbonyl (C=O) groups excluding carboxylic acids is 3. The third kappa shape index (κ3) is 4.54. The maximum absolute atomic E-state index is 12.6. The second kappa shape index (κ2) is 8.06. The summed E-state index contributed by atoms with van der Waals surface area (Å²) in [5.41, 5.74) is 5.00. The summed E-state index contributed by atoms with van der Waals surface area (Å²) in [6.45, 7) is 3.27. The van der Waals surface area contributed by atoms with Gasteiger partial charge < -0.3 is 10.5 Å². The number of imide groups is 1. The molecule has 134 valence electrons. The lowest BCUT2D eigenvalue weighted by atomic mass is 9.79. The quantitative estimate of drug-likeness (QED) is 0.734. The first-order valence-corrected chi connectivity index (χ1v) is 8.83. The van der Waals surface area contributed by atoms with Crippen LogP contribution in [0.15, 0.2) is 24.3 Å². The Morgan fingerprint density at radius 3 is 2.52 bits per heavy atom. The minimum absolute atomic E-state index is 0.440. The molecular weight excluding hydrogens is 342 g/mol. The molecule has 2 rings (SSSR count). The lowest BCUT2D eigenvalue weighted by Gasteiger charge is -2.28. The largest absolute Gasteiger partial charge is 0.455 e. The topological polar surface area (TPSA) is 111 Å². The number of hydrogen-bond donors (Lipinski definition) is 2. The SMILES string of the molecule is CCC(CC)(Cc1nc2ccccc2s1)C(=O)OCC(=O)NC(N)=O. The Kier molecular flexibility index (Phi) is 6.08. The number of rotatable bonds is 7. The summed E-state index contributed by atoms with van der Waals surface area (Å²) >= 11 is 1.55. The van der Waals surface area contributed by atoms with Crippen LogP contribution >= 0.6 is 11.3 Å². The van der Waals surface area contributed by atoms with Crippen LogP contribution < -0.4 is 11.1 Å². The van der Waals surface area contributed by atoms with Gasteiger partial charge in [-0.1, -0.05) is 26.0 Å². The molecule has 0 radical (unpaired) electrons. The number of urea groups is 1. The van der Waals surface area contributed by atoms with Crippen LogP contribution in [0, 0.1) is 5.41 Å². The third-order valence-electron chi connectivity index (χ3n) is 4.21. The Balaban J connectivity index is 2.12. The minimum atomic E-state index is -0.979. The molecule has 0 unspecified atom stereocenters. The molecule has 0 aliphatic heterocycles. The lowest BCUT2D eigenvalue weighted by molar-refractivity contribution is -0.159. The number of benzene rings is 1. The van der Waals surface area contributed by atoms with Crippen molar-refractivity contribution in [3.05, 3.63) is 29.3 Å². The first-order valence-electron chi connectivity index (χ1n) is 8.01. The fraction of sp³-hybridized carbons (Fsp3) is 0.412. The highest BCUT2D eigenvalue weighted by Gasteiger charge is 2.38. The van der Waals surface area contributed by atoms with Crippen LogP contribution in [0.2, 0.25) is 0 Å². The van der Waals surface area contributed by atoms with Gasteiger partial charge in [-0.05, 0) is 25.0 Å². The van der Waals surface area contributed by atoms with Gasteiger partial charge in [0.25, 0.3) is 5.91 Å². The molecule has 0 saturated carbocycles. The molecule has 1 aromatic carbocycles. The molecule has 0 aliphatic rings. The Labute approximate surface area is 149 Å². The molecule has 2 aromatic rings. The number of aromatic nitrogens is 1. The zero-order valence-corrected chi connectivity index (χ0v) is 15.0. The molecule has 7 nitrogen and oxygen atoms in total. The zero-order valence-electron chi connectivity index (χ0n) is 14.2. The van der Waals surface area contributed by atoms with Crippen molar-refractivity contribution in [3.8, 4) is 0 Å². The highest BCUT2D eigenvalue weighted by molar-refractivity contribution is 7.18. The first-order chi connectivity index (χ1) is 11.9. The van der Waals surface area contributed by atoms with E-state index in [2.05, 4.69) is 4.98 Å². The molecule has 0 spiro atoms. The Hall–Kier alpha value is -2.48. The molecular formula is C17H21N3O4S. The Morgan fingerprint density at radius 2 is 1.92 bits per heavy atom. The van der Waals surface area contributed by atoms with Crippen molar-refractivity contribution in [1.29, 1.82) is 0 Å². The second-order valence-corrected chi connectivity index (χ2v) is 6.84. The predicted molar refractivity (Wildman–Crippen MR) is 95.0 cm³/mol. The maximum atomic E-state index is 12.6. The van der Waals surface area contributed by atoms with Crippen molar-refractivity contribution in [2.75, 3.05) is 6.61 Å². The number of nitrogens with zero attached hydrogens (tertiary/aromatic N) is 1. The predicted octanol–water partition coefficient (Wildman–Crippen LogP) is 2.38. The van der Waals surface area contributed by atoms with Crippen molar-refractivity contribution < 1.29 is 19.1 Å². The fourth-order valence-corrected chi connectivity index (χ4v) is 3.71. The summed E-state index contributed by atoms with van der Waals surface area (Å²) in [5, 5.41) is 2.72. The summed E-state index contributed by atoms with van der Waals surface area (Å²) in [5.74, 6) is -1.22. The van der Waals surface area contributed by atoms with Crippen molar-refractivity contribution in [2.45, 2.75) is 33.1 Å². The summed E-state index contributed by atoms with van der Waals surface area (Å²) in [6, 6.07) is 6.81. The number of nitrogens with two attached hydrogens (primary N) is 1. The molecule has 8 heteroatoms. The minimum Gasteiger partial charge on any atom is -0.455 e. The van der Waals surface area contributed by atoms with Crippen molar-refractivity contribution in [3.63, 3.8) is 0 Å². The van der Waals surface area contributed by atoms with Gasteiger partial charge in [-0.25, -0.2) is 9.78 Å². The highest BCUT2D eigenvalue weighted by atomic mass is 32.1. The molecule has 25 heavy (non-hydrogen) atoms. The number of nitrogens with one attached hydrogen (secondary N) is 1. The molecule has 3 amide bonds. The van der Waals surface area contributed by atoms with Gasteiger partial charge >= 0.3 is 12.0 Å². The molecule has 3 N–H and O–H groups in total. The van der Waals surface area contributed by atoms with Gasteiger partial charge in [0.1, 0.15) is 0 Å². The fourth-order valence-electron chi connectivity index (χ4n) is 2.60. The van der Waals surface area contributed by atoms with E-state index in [9.17, 15) is 14.4 Å². The van der Waals surface area contributed by atoms with Crippen LogP contribution in [0.3, 0.4) is 0 Å². The van der Waals surface area contributed by atoms with E-state index < -0.39 is 29.9 Å². The van der Waals surface area contributed by atoms with Gasteiger partial charge in [-0.15, -0.1) is 11.3 Å². The average Bonchev–Trinajstić information content (AvgIpc) is 2.99. The van der Waals surface area contributed by atoms with Crippen molar-refractivity contribution >= 4 is 39.5 Å². The molecule has 1 heterocycles. The molecule has 0 saturated heterocycles. The van der Waals surface area contributed by atoms with E-state index in [4.69, 9.17) is 10.5 Å². The number of fused-ring (bicyclic) bond motifs is 1. The van der Waals surface area contributed by atoms with Gasteiger partial charge in [0, 0.05) is 6.42 Å². The number of thiazole rings is 1. The van der Waals surface area contributed by atoms with Gasteiger partial charge in [-0.3, -0.25) is 14.9 Å². The van der Waals surface area contributed by atoms with E-state index in [1.807, 2.05) is 43.4 Å². The molecule has 0 bridgehead atoms. The number of ether oxygens (including phenoxy) is 1. The number of esters is 1. The Bertz CT molecular complexity index is 750. The summed E-state index contributed by atoms with van der Waals surface area (Å²) in [7, 11) is 0. The van der Waals surface area contributed by atoms with Crippen LogP contribution in [0.4, 0.5) is 4.79 Å². The van der Waals surface area contributed by atoms with Crippen LogP contribution in [0.5, 0.6) is 0 Å². The van der Waals surface area contributed by atoms with Gasteiger partial charge in [0.05, 0.1) is 20.6 Å². The van der Waals surface area contributed by atoms with Crippen LogP contribution in [0.1, 0.15) is 31.7 Å². The van der Waals surface area contributed by atoms with Gasteiger partial charge in [0.2, 0.25) is 0 Å². The van der Waals surface area contributed by atoms with Gasteiger partial charge in [-0.2, -0.15) is 0 Å². The lowest BCUT2D eigenvalue weighted by Crippen LogP contribution is -2.40. The Morgan fingerprint density at radius 1 is 1.24 bits per heavy atom. The average molecular weight is 363 g/mol. The van der Waals surface area contributed by atoms with Gasteiger partial charge in [0.15, 0.2) is 6.61 Å². The second-order valence-electron chi connectivity index (χ2n) is 5.73. The molecule has 0 atom stereocenters. The zero-order chi connectivity index (χ0) is 18.4. The van der Waals surface area contributed by atoms with E-state index in [1.165, 1.54) is 0 Å². The number of amides is 3. The van der Waals surface area contributed by atoms with E-state index >= 15 is 0 Å². The standard InChI is InChI=1S/C17H21N3O4S/c1-3-17(4-2,15(22)24-10-13(21)20-16(18)23)9-14-19-11-7-5-6-8-12(11)25-14/h5-8H,3-4,9-10H2,1-2H3,(H3,18,20,21,23). The van der Waals surface area contributed by atoms with E-state index in [-0.39, 0.29) is 0 Å². The summed E-state index contributed by atoms with van der Waals surface area (Å²) in [4.78, 5) is 39.2. The maximum Gasteiger partial charge on any atom is 0.318 e. The first kappa shape index (κ1) is 18.9. The number of para-hydroxylation sites is 1. The van der Waals surface area contributed by atoms with Crippen LogP contribution in [-0.2, 0) is 20.7 Å². The highest BCUT2D eigenvalue weighted by Crippen LogP contribution is 2.35. The van der Waals surface area contributed by atoms with E-state index in [0.717, 1.165) is 15.2 Å². The van der Waals surface area contributed by atoms with Crippen molar-refractivity contribution in [1.82, 2.24) is 10.3 Å². The smallest absolute Gasteiger partial charge is 0.318 e. The molecule has 0 aliphatic carbocycles. The van der Waals surface area contributed by atoms with Crippen molar-refractivity contribution in [2.24, 2.45) is 11.1 Å². The molecule has 0 fully saturated rings. The van der Waals surface area contributed by atoms with Crippen LogP contribution in [-0.4, -0.2) is 29.5 Å². The third-order valence-corrected chi connectivity index (χ3v) is 5.25. The molecule has 1 aromatic heterocycles. The summed E-state index contributed by atoms with van der Waals surface area (Å²) < 4.78 is 6.18.